The summed E-state index contributed by atoms with van der Waals surface area (Å²) >= 11 is 0. The monoisotopic (exact) mass is 304 g/mol. The van der Waals surface area contributed by atoms with E-state index in [1.54, 1.807) is 4.90 Å². The van der Waals surface area contributed by atoms with E-state index in [-0.39, 0.29) is 24.2 Å². The molecule has 1 aliphatic heterocycles. The summed E-state index contributed by atoms with van der Waals surface area (Å²) in [5.74, 6) is -0.293. The van der Waals surface area contributed by atoms with E-state index in [0.717, 1.165) is 17.7 Å². The zero-order chi connectivity index (χ0) is 15.9. The molecule has 0 aromatic heterocycles. The van der Waals surface area contributed by atoms with Gasteiger partial charge in [-0.1, -0.05) is 17.7 Å². The number of amides is 2. The van der Waals surface area contributed by atoms with Crippen molar-refractivity contribution in [2.45, 2.75) is 26.7 Å². The van der Waals surface area contributed by atoms with E-state index in [4.69, 9.17) is 4.74 Å². The average molecular weight is 304 g/mol. The molecule has 120 valence electrons. The number of nitrogens with zero attached hydrogens (tertiary/aromatic N) is 1. The maximum absolute atomic E-state index is 12.1. The van der Waals surface area contributed by atoms with Crippen LogP contribution in [-0.4, -0.2) is 38.1 Å². The van der Waals surface area contributed by atoms with E-state index in [1.165, 1.54) is 0 Å². The highest BCUT2D eigenvalue weighted by atomic mass is 16.5. The molecule has 0 aliphatic carbocycles. The number of anilines is 1. The minimum absolute atomic E-state index is 0.0123. The van der Waals surface area contributed by atoms with Gasteiger partial charge < -0.3 is 15.0 Å². The van der Waals surface area contributed by atoms with E-state index in [9.17, 15) is 9.59 Å². The van der Waals surface area contributed by atoms with Crippen molar-refractivity contribution < 1.29 is 14.3 Å². The van der Waals surface area contributed by atoms with E-state index in [0.29, 0.717) is 26.3 Å². The van der Waals surface area contributed by atoms with Gasteiger partial charge in [0.05, 0.1) is 5.92 Å². The molecule has 5 nitrogen and oxygen atoms in total. The summed E-state index contributed by atoms with van der Waals surface area (Å²) in [6.45, 7) is 6.34. The third-order valence-corrected chi connectivity index (χ3v) is 3.81. The molecule has 0 bridgehead atoms. The van der Waals surface area contributed by atoms with Crippen LogP contribution in [0.15, 0.2) is 24.3 Å². The van der Waals surface area contributed by atoms with Crippen LogP contribution in [0.5, 0.6) is 0 Å². The first-order chi connectivity index (χ1) is 10.6. The lowest BCUT2D eigenvalue weighted by molar-refractivity contribution is -0.126. The molecule has 22 heavy (non-hydrogen) atoms. The largest absolute Gasteiger partial charge is 0.382 e. The van der Waals surface area contributed by atoms with Crippen molar-refractivity contribution in [3.63, 3.8) is 0 Å². The average Bonchev–Trinajstić information content (AvgIpc) is 2.90. The van der Waals surface area contributed by atoms with E-state index < -0.39 is 0 Å². The minimum Gasteiger partial charge on any atom is -0.382 e. The normalized spacial score (nSPS) is 17.8. The standard InChI is InChI=1S/C17H24N2O3/c1-3-22-10-4-9-18-17(21)14-11-16(20)19(12-14)15-7-5-13(2)6-8-15/h5-8,14H,3-4,9-12H2,1-2H3,(H,18,21). The first-order valence-corrected chi connectivity index (χ1v) is 7.84. The Labute approximate surface area is 131 Å². The molecule has 2 amide bonds. The van der Waals surface area contributed by atoms with Crippen molar-refractivity contribution >= 4 is 17.5 Å². The van der Waals surface area contributed by atoms with Crippen molar-refractivity contribution in [2.75, 3.05) is 31.2 Å². The SMILES string of the molecule is CCOCCCNC(=O)C1CC(=O)N(c2ccc(C)cc2)C1. The lowest BCUT2D eigenvalue weighted by Gasteiger charge is -2.17. The van der Waals surface area contributed by atoms with Crippen LogP contribution in [-0.2, 0) is 14.3 Å². The number of carbonyl (C=O) groups is 2. The number of hydrogen-bond donors (Lipinski definition) is 1. The van der Waals surface area contributed by atoms with Gasteiger partial charge in [0, 0.05) is 38.4 Å². The highest BCUT2D eigenvalue weighted by Gasteiger charge is 2.34. The van der Waals surface area contributed by atoms with Gasteiger partial charge in [0.15, 0.2) is 0 Å². The van der Waals surface area contributed by atoms with Crippen LogP contribution in [0.25, 0.3) is 0 Å². The third kappa shape index (κ3) is 4.31. The smallest absolute Gasteiger partial charge is 0.227 e. The predicted octanol–water partition coefficient (Wildman–Crippen LogP) is 1.89. The molecule has 1 fully saturated rings. The summed E-state index contributed by atoms with van der Waals surface area (Å²) in [5, 5.41) is 2.89. The van der Waals surface area contributed by atoms with Crippen molar-refractivity contribution in [3.05, 3.63) is 29.8 Å². The van der Waals surface area contributed by atoms with Gasteiger partial charge in [-0.05, 0) is 32.4 Å². The van der Waals surface area contributed by atoms with Crippen LogP contribution in [0.4, 0.5) is 5.69 Å². The predicted molar refractivity (Wildman–Crippen MR) is 85.8 cm³/mol. The first-order valence-electron chi connectivity index (χ1n) is 7.84. The van der Waals surface area contributed by atoms with Gasteiger partial charge in [-0.15, -0.1) is 0 Å². The van der Waals surface area contributed by atoms with Crippen molar-refractivity contribution in [2.24, 2.45) is 5.92 Å². The third-order valence-electron chi connectivity index (χ3n) is 3.81. The van der Waals surface area contributed by atoms with Gasteiger partial charge >= 0.3 is 0 Å². The molecular formula is C17H24N2O3. The Kier molecular flexibility index (Phi) is 5.95. The quantitative estimate of drug-likeness (QED) is 0.783. The van der Waals surface area contributed by atoms with Crippen LogP contribution in [0.3, 0.4) is 0 Å². The fraction of sp³-hybridized carbons (Fsp3) is 0.529. The zero-order valence-corrected chi connectivity index (χ0v) is 13.3. The lowest BCUT2D eigenvalue weighted by atomic mass is 10.1. The summed E-state index contributed by atoms with van der Waals surface area (Å²) in [6, 6.07) is 7.80. The van der Waals surface area contributed by atoms with Crippen LogP contribution in [0.1, 0.15) is 25.3 Å². The molecule has 1 unspecified atom stereocenters. The second kappa shape index (κ2) is 7.94. The Morgan fingerprint density at radius 2 is 2.09 bits per heavy atom. The Morgan fingerprint density at radius 3 is 2.77 bits per heavy atom. The van der Waals surface area contributed by atoms with E-state index in [1.807, 2.05) is 38.1 Å². The van der Waals surface area contributed by atoms with Gasteiger partial charge in [-0.3, -0.25) is 9.59 Å². The lowest BCUT2D eigenvalue weighted by Crippen LogP contribution is -2.33. The van der Waals surface area contributed by atoms with Gasteiger partial charge in [-0.25, -0.2) is 0 Å². The maximum Gasteiger partial charge on any atom is 0.227 e. The maximum atomic E-state index is 12.1. The van der Waals surface area contributed by atoms with Crippen molar-refractivity contribution in [3.8, 4) is 0 Å². The number of nitrogens with one attached hydrogen (secondary N) is 1. The fourth-order valence-electron chi connectivity index (χ4n) is 2.53. The second-order valence-electron chi connectivity index (χ2n) is 5.58. The number of rotatable bonds is 7. The molecule has 0 radical (unpaired) electrons. The summed E-state index contributed by atoms with van der Waals surface area (Å²) < 4.78 is 5.23. The van der Waals surface area contributed by atoms with Crippen LogP contribution < -0.4 is 10.2 Å². The van der Waals surface area contributed by atoms with Gasteiger partial charge in [-0.2, -0.15) is 0 Å². The van der Waals surface area contributed by atoms with E-state index in [2.05, 4.69) is 5.32 Å². The summed E-state index contributed by atoms with van der Waals surface area (Å²) in [6.07, 6.45) is 1.08. The highest BCUT2D eigenvalue weighted by Crippen LogP contribution is 2.25. The van der Waals surface area contributed by atoms with Crippen LogP contribution in [0, 0.1) is 12.8 Å². The Balaban J connectivity index is 1.83. The van der Waals surface area contributed by atoms with Gasteiger partial charge in [0.2, 0.25) is 11.8 Å². The van der Waals surface area contributed by atoms with Crippen LogP contribution in [0.2, 0.25) is 0 Å². The molecule has 2 rings (SSSR count). The highest BCUT2D eigenvalue weighted by molar-refractivity contribution is 6.00. The Morgan fingerprint density at radius 1 is 1.36 bits per heavy atom. The molecule has 0 spiro atoms. The molecular weight excluding hydrogens is 280 g/mol. The zero-order valence-electron chi connectivity index (χ0n) is 13.3. The Hall–Kier alpha value is -1.88. The van der Waals surface area contributed by atoms with E-state index >= 15 is 0 Å². The number of carbonyl (C=O) groups excluding carboxylic acids is 2. The molecule has 1 heterocycles. The minimum atomic E-state index is -0.263. The topological polar surface area (TPSA) is 58.6 Å². The molecule has 5 heteroatoms. The van der Waals surface area contributed by atoms with Crippen molar-refractivity contribution in [1.29, 1.82) is 0 Å². The number of hydrogen-bond acceptors (Lipinski definition) is 3. The van der Waals surface area contributed by atoms with Crippen molar-refractivity contribution in [1.82, 2.24) is 5.32 Å². The van der Waals surface area contributed by atoms with Gasteiger partial charge in [0.1, 0.15) is 0 Å². The number of aryl methyl sites for hydroxylation is 1. The Bertz CT molecular complexity index is 513. The molecule has 0 saturated carbocycles. The molecule has 1 saturated heterocycles. The number of ether oxygens (including phenoxy) is 1. The van der Waals surface area contributed by atoms with Crippen LogP contribution >= 0.6 is 0 Å². The molecule has 1 N–H and O–H groups in total. The molecule has 1 aromatic rings. The molecule has 1 atom stereocenters. The van der Waals surface area contributed by atoms with Gasteiger partial charge in [0.25, 0.3) is 0 Å². The summed E-state index contributed by atoms with van der Waals surface area (Å²) in [5.41, 5.74) is 2.02. The second-order valence-corrected chi connectivity index (χ2v) is 5.58. The fourth-order valence-corrected chi connectivity index (χ4v) is 2.53. The number of benzene rings is 1. The first kappa shape index (κ1) is 16.5. The molecule has 1 aromatic carbocycles. The molecule has 1 aliphatic rings. The summed E-state index contributed by atoms with van der Waals surface area (Å²) in [4.78, 5) is 25.9. The summed E-state index contributed by atoms with van der Waals surface area (Å²) in [7, 11) is 0.